The Balaban J connectivity index is 1.66. The predicted molar refractivity (Wildman–Crippen MR) is 93.1 cm³/mol. The molecule has 0 spiro atoms. The van der Waals surface area contributed by atoms with Gasteiger partial charge in [0.05, 0.1) is 11.6 Å². The van der Waals surface area contributed by atoms with Gasteiger partial charge < -0.3 is 4.90 Å². The fourth-order valence-corrected chi connectivity index (χ4v) is 3.47. The smallest absolute Gasteiger partial charge is 0.255 e. The fourth-order valence-electron chi connectivity index (χ4n) is 3.34. The van der Waals surface area contributed by atoms with Gasteiger partial charge in [0.25, 0.3) is 5.91 Å². The highest BCUT2D eigenvalue weighted by atomic mass is 35.5. The highest BCUT2D eigenvalue weighted by Crippen LogP contribution is 2.33. The minimum absolute atomic E-state index is 0.0162. The van der Waals surface area contributed by atoms with Gasteiger partial charge in [-0.3, -0.25) is 9.89 Å². The molecule has 24 heavy (non-hydrogen) atoms. The van der Waals surface area contributed by atoms with E-state index in [-0.39, 0.29) is 11.9 Å². The molecule has 4 rings (SSSR count). The van der Waals surface area contributed by atoms with Crippen LogP contribution >= 0.6 is 11.6 Å². The molecule has 0 radical (unpaired) electrons. The molecule has 1 fully saturated rings. The summed E-state index contributed by atoms with van der Waals surface area (Å²) in [6, 6.07) is 9.72. The number of aromatic nitrogens is 3. The molecule has 1 N–H and O–H groups in total. The number of hydrogen-bond donors (Lipinski definition) is 1. The number of carbonyl (C=O) groups is 1. The second-order valence-corrected chi connectivity index (χ2v) is 6.59. The second-order valence-electron chi connectivity index (χ2n) is 6.15. The third-order valence-corrected chi connectivity index (χ3v) is 4.87. The second kappa shape index (κ2) is 5.91. The molecule has 6 heteroatoms. The lowest BCUT2D eigenvalue weighted by molar-refractivity contribution is 0.0735. The van der Waals surface area contributed by atoms with Gasteiger partial charge >= 0.3 is 0 Å². The molecule has 1 saturated heterocycles. The lowest BCUT2D eigenvalue weighted by Crippen LogP contribution is -2.30. The van der Waals surface area contributed by atoms with E-state index in [1.165, 1.54) is 0 Å². The molecule has 1 atom stereocenters. The van der Waals surface area contributed by atoms with Gasteiger partial charge in [0.15, 0.2) is 5.65 Å². The van der Waals surface area contributed by atoms with E-state index in [4.69, 9.17) is 11.6 Å². The number of H-pyrrole nitrogens is 1. The van der Waals surface area contributed by atoms with Crippen LogP contribution in [-0.4, -0.2) is 32.5 Å². The van der Waals surface area contributed by atoms with E-state index < -0.39 is 0 Å². The Bertz CT molecular complexity index is 903. The Morgan fingerprint density at radius 1 is 1.33 bits per heavy atom. The summed E-state index contributed by atoms with van der Waals surface area (Å²) in [7, 11) is 0. The normalized spacial score (nSPS) is 17.6. The number of rotatable bonds is 2. The quantitative estimate of drug-likeness (QED) is 0.769. The number of likely N-dealkylation sites (tertiary alicyclic amines) is 1. The van der Waals surface area contributed by atoms with Crippen molar-refractivity contribution in [1.82, 2.24) is 20.1 Å². The summed E-state index contributed by atoms with van der Waals surface area (Å²) in [6.07, 6.45) is 3.58. The summed E-state index contributed by atoms with van der Waals surface area (Å²) in [5.74, 6) is 0.0162. The number of benzene rings is 1. The SMILES string of the molecule is Cc1[nH]nc2ncc(C(=O)N3CCCC3c3ccc(Cl)cc3)cc12. The van der Waals surface area contributed by atoms with Gasteiger partial charge in [0, 0.05) is 28.8 Å². The zero-order chi connectivity index (χ0) is 16.7. The Morgan fingerprint density at radius 2 is 2.12 bits per heavy atom. The van der Waals surface area contributed by atoms with Crippen LogP contribution in [0.4, 0.5) is 0 Å². The molecule has 1 aromatic carbocycles. The molecule has 0 saturated carbocycles. The lowest BCUT2D eigenvalue weighted by Gasteiger charge is -2.25. The van der Waals surface area contributed by atoms with E-state index in [0.717, 1.165) is 36.0 Å². The number of pyridine rings is 1. The molecule has 1 aliphatic heterocycles. The first-order chi connectivity index (χ1) is 11.6. The number of carbonyl (C=O) groups excluding carboxylic acids is 1. The Hall–Kier alpha value is -2.40. The van der Waals surface area contributed by atoms with Crippen LogP contribution in [0.3, 0.4) is 0 Å². The maximum absolute atomic E-state index is 13.0. The zero-order valence-corrected chi connectivity index (χ0v) is 14.0. The summed E-state index contributed by atoms with van der Waals surface area (Å²) in [5, 5.41) is 8.62. The zero-order valence-electron chi connectivity index (χ0n) is 13.3. The molecule has 122 valence electrons. The van der Waals surface area contributed by atoms with Crippen LogP contribution in [0.2, 0.25) is 5.02 Å². The van der Waals surface area contributed by atoms with Crippen molar-refractivity contribution in [1.29, 1.82) is 0 Å². The van der Waals surface area contributed by atoms with Gasteiger partial charge in [-0.1, -0.05) is 23.7 Å². The van der Waals surface area contributed by atoms with Gasteiger partial charge in [-0.05, 0) is 43.5 Å². The first-order valence-electron chi connectivity index (χ1n) is 8.00. The van der Waals surface area contributed by atoms with Gasteiger partial charge in [0.1, 0.15) is 0 Å². The first-order valence-corrected chi connectivity index (χ1v) is 8.38. The minimum Gasteiger partial charge on any atom is -0.332 e. The highest BCUT2D eigenvalue weighted by Gasteiger charge is 2.30. The van der Waals surface area contributed by atoms with Crippen LogP contribution in [0.5, 0.6) is 0 Å². The standard InChI is InChI=1S/C18H17ClN4O/c1-11-15-9-13(10-20-17(15)22-21-11)18(24)23-8-2-3-16(23)12-4-6-14(19)7-5-12/h4-7,9-10,16H,2-3,8H2,1H3,(H,20,21,22). The van der Waals surface area contributed by atoms with Gasteiger partial charge in [-0.15, -0.1) is 0 Å². The molecule has 1 amide bonds. The van der Waals surface area contributed by atoms with Crippen LogP contribution in [0.15, 0.2) is 36.5 Å². The van der Waals surface area contributed by atoms with Crippen LogP contribution in [0.1, 0.15) is 40.5 Å². The number of fused-ring (bicyclic) bond motifs is 1. The molecule has 1 unspecified atom stereocenters. The minimum atomic E-state index is 0.0162. The first kappa shape index (κ1) is 15.1. The van der Waals surface area contributed by atoms with Gasteiger partial charge in [-0.2, -0.15) is 5.10 Å². The number of hydrogen-bond acceptors (Lipinski definition) is 3. The Kier molecular flexibility index (Phi) is 3.73. The van der Waals surface area contributed by atoms with E-state index in [2.05, 4.69) is 15.2 Å². The van der Waals surface area contributed by atoms with E-state index in [1.54, 1.807) is 6.20 Å². The van der Waals surface area contributed by atoms with Crippen LogP contribution in [-0.2, 0) is 0 Å². The largest absolute Gasteiger partial charge is 0.332 e. The van der Waals surface area contributed by atoms with Crippen LogP contribution in [0.25, 0.3) is 11.0 Å². The van der Waals surface area contributed by atoms with Crippen molar-refractivity contribution < 1.29 is 4.79 Å². The van der Waals surface area contributed by atoms with Crippen molar-refractivity contribution in [3.63, 3.8) is 0 Å². The monoisotopic (exact) mass is 340 g/mol. The average Bonchev–Trinajstić information content (AvgIpc) is 3.22. The molecule has 2 aromatic heterocycles. The predicted octanol–water partition coefficient (Wildman–Crippen LogP) is 3.90. The van der Waals surface area contributed by atoms with Crippen molar-refractivity contribution in [3.05, 3.63) is 58.4 Å². The Morgan fingerprint density at radius 3 is 2.92 bits per heavy atom. The summed E-state index contributed by atoms with van der Waals surface area (Å²) in [4.78, 5) is 19.2. The molecule has 0 bridgehead atoms. The molecule has 5 nitrogen and oxygen atoms in total. The number of aryl methyl sites for hydroxylation is 1. The fraction of sp³-hybridized carbons (Fsp3) is 0.278. The van der Waals surface area contributed by atoms with E-state index >= 15 is 0 Å². The topological polar surface area (TPSA) is 61.9 Å². The van der Waals surface area contributed by atoms with Crippen LogP contribution in [0, 0.1) is 6.92 Å². The van der Waals surface area contributed by atoms with Crippen molar-refractivity contribution >= 4 is 28.5 Å². The van der Waals surface area contributed by atoms with Crippen molar-refractivity contribution in [2.75, 3.05) is 6.54 Å². The molecular weight excluding hydrogens is 324 g/mol. The van der Waals surface area contributed by atoms with E-state index in [1.807, 2.05) is 42.2 Å². The lowest BCUT2D eigenvalue weighted by atomic mass is 10.0. The molecule has 3 aromatic rings. The Labute approximate surface area is 144 Å². The number of amides is 1. The summed E-state index contributed by atoms with van der Waals surface area (Å²) < 4.78 is 0. The van der Waals surface area contributed by atoms with Crippen molar-refractivity contribution in [2.45, 2.75) is 25.8 Å². The van der Waals surface area contributed by atoms with Gasteiger partial charge in [-0.25, -0.2) is 4.98 Å². The third kappa shape index (κ3) is 2.55. The van der Waals surface area contributed by atoms with Crippen molar-refractivity contribution in [3.8, 4) is 0 Å². The van der Waals surface area contributed by atoms with E-state index in [0.29, 0.717) is 16.2 Å². The summed E-state index contributed by atoms with van der Waals surface area (Å²) in [5.41, 5.74) is 3.29. The molecule has 0 aliphatic carbocycles. The van der Waals surface area contributed by atoms with Crippen molar-refractivity contribution in [2.24, 2.45) is 0 Å². The summed E-state index contributed by atoms with van der Waals surface area (Å²) in [6.45, 7) is 2.69. The highest BCUT2D eigenvalue weighted by molar-refractivity contribution is 6.30. The maximum atomic E-state index is 13.0. The number of nitrogens with one attached hydrogen (secondary N) is 1. The number of halogens is 1. The maximum Gasteiger partial charge on any atom is 0.255 e. The third-order valence-electron chi connectivity index (χ3n) is 4.62. The number of aromatic amines is 1. The molecule has 3 heterocycles. The summed E-state index contributed by atoms with van der Waals surface area (Å²) >= 11 is 5.98. The molecule has 1 aliphatic rings. The van der Waals surface area contributed by atoms with Crippen LogP contribution < -0.4 is 0 Å². The van der Waals surface area contributed by atoms with Gasteiger partial charge in [0.2, 0.25) is 0 Å². The average molecular weight is 341 g/mol. The van der Waals surface area contributed by atoms with E-state index in [9.17, 15) is 4.79 Å². The molecular formula is C18H17ClN4O. The number of nitrogens with zero attached hydrogens (tertiary/aromatic N) is 3.